The van der Waals surface area contributed by atoms with Gasteiger partial charge in [0.05, 0.1) is 16.3 Å². The van der Waals surface area contributed by atoms with E-state index in [2.05, 4.69) is 11.1 Å². The molecule has 3 heterocycles. The predicted molar refractivity (Wildman–Crippen MR) is 103 cm³/mol. The fourth-order valence-corrected chi connectivity index (χ4v) is 5.05. The number of para-hydroxylation sites is 1. The van der Waals surface area contributed by atoms with E-state index in [0.29, 0.717) is 17.8 Å². The molecular formula is C20H21N3O2S. The summed E-state index contributed by atoms with van der Waals surface area (Å²) < 4.78 is 1.15. The fraction of sp³-hybridized carbons (Fsp3) is 0.350. The molecule has 2 aromatic heterocycles. The largest absolute Gasteiger partial charge is 0.354 e. The molecule has 1 aromatic carbocycles. The Bertz CT molecular complexity index is 984. The number of aryl methyl sites for hydroxylation is 1. The Balaban J connectivity index is 1.69. The first-order chi connectivity index (χ1) is 12.5. The average Bonchev–Trinajstić information content (AvgIpc) is 3.29. The van der Waals surface area contributed by atoms with Crippen LogP contribution in [0, 0.1) is 13.8 Å². The molecule has 5 nitrogen and oxygen atoms in total. The van der Waals surface area contributed by atoms with E-state index in [0.717, 1.165) is 39.3 Å². The molecule has 0 radical (unpaired) electrons. The van der Waals surface area contributed by atoms with E-state index in [1.807, 2.05) is 36.9 Å². The normalized spacial score (nSPS) is 17.2. The number of rotatable bonds is 3. The third-order valence-corrected chi connectivity index (χ3v) is 6.25. The van der Waals surface area contributed by atoms with Gasteiger partial charge in [0.1, 0.15) is 10.7 Å². The first kappa shape index (κ1) is 17.0. The van der Waals surface area contributed by atoms with Gasteiger partial charge >= 0.3 is 0 Å². The number of H-pyrrole nitrogens is 1. The molecule has 0 aliphatic carbocycles. The number of amides is 1. The molecule has 0 spiro atoms. The molecule has 4 rings (SSSR count). The van der Waals surface area contributed by atoms with Crippen LogP contribution in [0.15, 0.2) is 24.3 Å². The lowest BCUT2D eigenvalue weighted by molar-refractivity contribution is 0.0729. The highest BCUT2D eigenvalue weighted by atomic mass is 32.1. The number of carbonyl (C=O) groups is 2. The molecule has 1 fully saturated rings. The van der Waals surface area contributed by atoms with Crippen LogP contribution in [-0.4, -0.2) is 33.1 Å². The topological polar surface area (TPSA) is 66.1 Å². The van der Waals surface area contributed by atoms with E-state index >= 15 is 0 Å². The summed E-state index contributed by atoms with van der Waals surface area (Å²) in [6.45, 7) is 5.94. The summed E-state index contributed by atoms with van der Waals surface area (Å²) in [4.78, 5) is 34.9. The van der Waals surface area contributed by atoms with Gasteiger partial charge in [0.25, 0.3) is 5.91 Å². The van der Waals surface area contributed by atoms with Crippen molar-refractivity contribution in [1.82, 2.24) is 14.9 Å². The molecule has 1 amide bonds. The Morgan fingerprint density at radius 1 is 1.27 bits per heavy atom. The van der Waals surface area contributed by atoms with Gasteiger partial charge < -0.3 is 9.88 Å². The lowest BCUT2D eigenvalue weighted by Crippen LogP contribution is -2.31. The highest BCUT2D eigenvalue weighted by molar-refractivity contribution is 7.18. The number of hydrogen-bond donors (Lipinski definition) is 1. The molecule has 0 bridgehead atoms. The van der Waals surface area contributed by atoms with Crippen LogP contribution in [0.25, 0.3) is 10.2 Å². The van der Waals surface area contributed by atoms with Gasteiger partial charge in [-0.1, -0.05) is 12.1 Å². The SMILES string of the molecule is CC(=O)c1c(C)[nH]c(C(=O)N2CCC[C@H]2c2nc3ccccc3s2)c1C. The zero-order chi connectivity index (χ0) is 18.4. The van der Waals surface area contributed by atoms with Crippen LogP contribution in [0.2, 0.25) is 0 Å². The van der Waals surface area contributed by atoms with Crippen molar-refractivity contribution in [3.8, 4) is 0 Å². The van der Waals surface area contributed by atoms with Crippen molar-refractivity contribution in [2.75, 3.05) is 6.54 Å². The molecule has 26 heavy (non-hydrogen) atoms. The molecule has 1 aliphatic rings. The van der Waals surface area contributed by atoms with E-state index in [9.17, 15) is 9.59 Å². The number of likely N-dealkylation sites (tertiary alicyclic amines) is 1. The summed E-state index contributed by atoms with van der Waals surface area (Å²) >= 11 is 1.66. The van der Waals surface area contributed by atoms with E-state index in [4.69, 9.17) is 4.98 Å². The fourth-order valence-electron chi connectivity index (χ4n) is 3.93. The summed E-state index contributed by atoms with van der Waals surface area (Å²) in [5.41, 5.74) is 3.64. The van der Waals surface area contributed by atoms with E-state index in [1.54, 1.807) is 11.3 Å². The Kier molecular flexibility index (Phi) is 4.15. The number of hydrogen-bond acceptors (Lipinski definition) is 4. The predicted octanol–water partition coefficient (Wildman–Crippen LogP) is 4.42. The maximum absolute atomic E-state index is 13.2. The molecule has 134 valence electrons. The van der Waals surface area contributed by atoms with Crippen LogP contribution in [0.1, 0.15) is 62.9 Å². The van der Waals surface area contributed by atoms with Gasteiger partial charge in [-0.05, 0) is 51.3 Å². The number of aromatic amines is 1. The zero-order valence-electron chi connectivity index (χ0n) is 15.1. The second-order valence-electron chi connectivity index (χ2n) is 6.86. The third kappa shape index (κ3) is 2.65. The highest BCUT2D eigenvalue weighted by Crippen LogP contribution is 2.37. The van der Waals surface area contributed by atoms with Crippen LogP contribution >= 0.6 is 11.3 Å². The quantitative estimate of drug-likeness (QED) is 0.697. The van der Waals surface area contributed by atoms with Crippen LogP contribution in [0.3, 0.4) is 0 Å². The number of Topliss-reactive ketones (excluding diaryl/α,β-unsaturated/α-hetero) is 1. The van der Waals surface area contributed by atoms with Crippen molar-refractivity contribution in [3.05, 3.63) is 51.8 Å². The zero-order valence-corrected chi connectivity index (χ0v) is 15.9. The van der Waals surface area contributed by atoms with Crippen molar-refractivity contribution < 1.29 is 9.59 Å². The van der Waals surface area contributed by atoms with Gasteiger partial charge in [-0.25, -0.2) is 4.98 Å². The number of fused-ring (bicyclic) bond motifs is 1. The summed E-state index contributed by atoms with van der Waals surface area (Å²) in [6, 6.07) is 8.07. The first-order valence-corrected chi connectivity index (χ1v) is 9.65. The lowest BCUT2D eigenvalue weighted by Gasteiger charge is -2.23. The van der Waals surface area contributed by atoms with Gasteiger partial charge in [-0.2, -0.15) is 0 Å². The molecule has 0 saturated carbocycles. The van der Waals surface area contributed by atoms with E-state index in [-0.39, 0.29) is 17.7 Å². The summed E-state index contributed by atoms with van der Waals surface area (Å²) in [7, 11) is 0. The molecule has 3 aromatic rings. The van der Waals surface area contributed by atoms with Crippen molar-refractivity contribution in [3.63, 3.8) is 0 Å². The Morgan fingerprint density at radius 2 is 2.04 bits per heavy atom. The number of aromatic nitrogens is 2. The Morgan fingerprint density at radius 3 is 2.73 bits per heavy atom. The third-order valence-electron chi connectivity index (χ3n) is 5.11. The maximum Gasteiger partial charge on any atom is 0.271 e. The van der Waals surface area contributed by atoms with E-state index in [1.165, 1.54) is 6.92 Å². The Labute approximate surface area is 156 Å². The molecule has 1 atom stereocenters. The molecule has 1 aliphatic heterocycles. The number of nitrogens with one attached hydrogen (secondary N) is 1. The number of benzene rings is 1. The minimum atomic E-state index is -0.0418. The van der Waals surface area contributed by atoms with Gasteiger partial charge in [-0.15, -0.1) is 11.3 Å². The molecular weight excluding hydrogens is 346 g/mol. The minimum Gasteiger partial charge on any atom is -0.354 e. The molecule has 1 saturated heterocycles. The van der Waals surface area contributed by atoms with Crippen molar-refractivity contribution >= 4 is 33.2 Å². The minimum absolute atomic E-state index is 0.00341. The number of carbonyl (C=O) groups excluding carboxylic acids is 2. The summed E-state index contributed by atoms with van der Waals surface area (Å²) in [5, 5.41) is 0.991. The number of thiazole rings is 1. The van der Waals surface area contributed by atoms with E-state index < -0.39 is 0 Å². The van der Waals surface area contributed by atoms with Crippen LogP contribution in [-0.2, 0) is 0 Å². The van der Waals surface area contributed by atoms with Crippen LogP contribution in [0.4, 0.5) is 0 Å². The van der Waals surface area contributed by atoms with Gasteiger partial charge in [0, 0.05) is 17.8 Å². The number of nitrogens with zero attached hydrogens (tertiary/aromatic N) is 2. The number of ketones is 1. The molecule has 1 N–H and O–H groups in total. The summed E-state index contributed by atoms with van der Waals surface area (Å²) in [6.07, 6.45) is 1.88. The van der Waals surface area contributed by atoms with Gasteiger partial charge in [-0.3, -0.25) is 9.59 Å². The second-order valence-corrected chi connectivity index (χ2v) is 7.92. The summed E-state index contributed by atoms with van der Waals surface area (Å²) in [5.74, 6) is -0.0562. The van der Waals surface area contributed by atoms with Crippen LogP contribution < -0.4 is 0 Å². The van der Waals surface area contributed by atoms with Crippen molar-refractivity contribution in [1.29, 1.82) is 0 Å². The van der Waals surface area contributed by atoms with Gasteiger partial charge in [0.15, 0.2) is 5.78 Å². The maximum atomic E-state index is 13.2. The Hall–Kier alpha value is -2.47. The standard InChI is InChI=1S/C20H21N3O2S/c1-11-17(13(3)24)12(2)21-18(11)20(25)23-10-6-8-15(23)19-22-14-7-4-5-9-16(14)26-19/h4-5,7,9,15,21H,6,8,10H2,1-3H3/t15-/m0/s1. The highest BCUT2D eigenvalue weighted by Gasteiger charge is 2.34. The molecule has 6 heteroatoms. The smallest absolute Gasteiger partial charge is 0.271 e. The van der Waals surface area contributed by atoms with Crippen LogP contribution in [0.5, 0.6) is 0 Å². The monoisotopic (exact) mass is 367 g/mol. The van der Waals surface area contributed by atoms with Crippen molar-refractivity contribution in [2.24, 2.45) is 0 Å². The lowest BCUT2D eigenvalue weighted by atomic mass is 10.1. The van der Waals surface area contributed by atoms with Crippen molar-refractivity contribution in [2.45, 2.75) is 39.7 Å². The average molecular weight is 367 g/mol. The first-order valence-electron chi connectivity index (χ1n) is 8.84. The van der Waals surface area contributed by atoms with Gasteiger partial charge in [0.2, 0.25) is 0 Å². The molecule has 0 unspecified atom stereocenters. The second kappa shape index (κ2) is 6.36.